The van der Waals surface area contributed by atoms with Crippen LogP contribution in [0.1, 0.15) is 40.3 Å². The number of esters is 1. The topological polar surface area (TPSA) is 194 Å². The van der Waals surface area contributed by atoms with Gasteiger partial charge in [-0.25, -0.2) is 19.1 Å². The van der Waals surface area contributed by atoms with Gasteiger partial charge in [0.1, 0.15) is 54.0 Å². The van der Waals surface area contributed by atoms with E-state index in [9.17, 15) is 25.1 Å². The molecule has 1 saturated heterocycles. The van der Waals surface area contributed by atoms with Gasteiger partial charge in [0.25, 0.3) is 0 Å². The largest absolute Gasteiger partial charge is 0.461 e. The minimum absolute atomic E-state index is 0.117. The maximum Gasteiger partial charge on any atom is 0.408 e. The second-order valence-electron chi connectivity index (χ2n) is 9.45. The first kappa shape index (κ1) is 25.2. The molecule has 1 amide bonds. The van der Waals surface area contributed by atoms with Crippen LogP contribution in [0.5, 0.6) is 0 Å². The van der Waals surface area contributed by atoms with Gasteiger partial charge in [0.2, 0.25) is 5.60 Å². The Morgan fingerprint density at radius 2 is 2.00 bits per heavy atom. The molecule has 3 heterocycles. The number of alkyl carbamates (subject to hydrolysis) is 1. The monoisotopic (exact) mass is 476 g/mol. The molecule has 0 bridgehead atoms. The second-order valence-corrected chi connectivity index (χ2v) is 9.45. The highest BCUT2D eigenvalue weighted by atomic mass is 16.6. The summed E-state index contributed by atoms with van der Waals surface area (Å²) in [6.45, 7) is 7.36. The Hall–Kier alpha value is -3.47. The van der Waals surface area contributed by atoms with Gasteiger partial charge in [0.15, 0.2) is 5.82 Å². The molecule has 0 radical (unpaired) electrons. The summed E-state index contributed by atoms with van der Waals surface area (Å²) >= 11 is 0. The molecule has 2 aromatic rings. The number of carbonyl (C=O) groups excluding carboxylic acids is 2. The number of aromatic nitrogens is 3. The molecule has 1 unspecified atom stereocenters. The predicted molar refractivity (Wildman–Crippen MR) is 116 cm³/mol. The number of nitrogen functional groups attached to an aromatic ring is 1. The molecule has 1 aliphatic heterocycles. The molecule has 1 fully saturated rings. The van der Waals surface area contributed by atoms with Crippen LogP contribution in [-0.4, -0.2) is 72.9 Å². The quantitative estimate of drug-likeness (QED) is 0.424. The van der Waals surface area contributed by atoms with E-state index >= 15 is 0 Å². The summed E-state index contributed by atoms with van der Waals surface area (Å²) in [5, 5.41) is 37.7. The molecule has 4 atom stereocenters. The number of nitrogens with one attached hydrogen (secondary N) is 1. The third-order valence-electron chi connectivity index (χ3n) is 5.19. The van der Waals surface area contributed by atoms with Crippen LogP contribution in [0.25, 0.3) is 5.52 Å². The van der Waals surface area contributed by atoms with Gasteiger partial charge in [-0.05, 0) is 46.8 Å². The van der Waals surface area contributed by atoms with Gasteiger partial charge >= 0.3 is 12.1 Å². The smallest absolute Gasteiger partial charge is 0.408 e. The molecule has 13 nitrogen and oxygen atoms in total. The van der Waals surface area contributed by atoms with Gasteiger partial charge in [-0.3, -0.25) is 0 Å². The number of nitrogens with zero attached hydrogens (tertiary/aromatic N) is 4. The fourth-order valence-electron chi connectivity index (χ4n) is 3.50. The van der Waals surface area contributed by atoms with Gasteiger partial charge in [-0.1, -0.05) is 0 Å². The average Bonchev–Trinajstić information content (AvgIpc) is 3.26. The molecule has 34 heavy (non-hydrogen) atoms. The van der Waals surface area contributed by atoms with Crippen LogP contribution in [0.3, 0.4) is 0 Å². The van der Waals surface area contributed by atoms with Crippen LogP contribution in [-0.2, 0) is 24.6 Å². The molecule has 2 aromatic heterocycles. The first-order valence-electron chi connectivity index (χ1n) is 10.4. The van der Waals surface area contributed by atoms with Crippen molar-refractivity contribution < 1.29 is 34.0 Å². The van der Waals surface area contributed by atoms with Crippen LogP contribution in [0, 0.1) is 11.3 Å². The molecule has 1 aliphatic rings. The van der Waals surface area contributed by atoms with Crippen molar-refractivity contribution in [1.29, 1.82) is 5.26 Å². The van der Waals surface area contributed by atoms with E-state index in [1.807, 2.05) is 6.07 Å². The highest BCUT2D eigenvalue weighted by Gasteiger charge is 2.58. The Morgan fingerprint density at radius 3 is 2.62 bits per heavy atom. The van der Waals surface area contributed by atoms with Crippen molar-refractivity contribution >= 4 is 23.4 Å². The van der Waals surface area contributed by atoms with E-state index in [0.717, 1.165) is 0 Å². The minimum atomic E-state index is -2.02. The standard InChI is InChI=1S/C21H28N6O7/c1-19(2,3)34-18(31)26-20(4,5)17(30)32-8-12-14(28)15(29)21(9-22,33-12)13-7-6-11-16(23)24-10-25-27(11)13/h6-7,10,12,14-15,28-29H,8H2,1-5H3,(H,26,31)(H2,23,24,25)/t12-,14-,15-,21?/m1/s1. The number of hydrogen-bond donors (Lipinski definition) is 4. The molecule has 0 saturated carbocycles. The van der Waals surface area contributed by atoms with E-state index in [0.29, 0.717) is 5.52 Å². The van der Waals surface area contributed by atoms with Crippen molar-refractivity contribution in [1.82, 2.24) is 19.9 Å². The molecule has 13 heteroatoms. The number of aliphatic hydroxyl groups is 2. The van der Waals surface area contributed by atoms with Gasteiger partial charge in [0, 0.05) is 0 Å². The summed E-state index contributed by atoms with van der Waals surface area (Å²) in [4.78, 5) is 28.5. The number of hydrogen-bond acceptors (Lipinski definition) is 11. The third-order valence-corrected chi connectivity index (χ3v) is 5.19. The Morgan fingerprint density at radius 1 is 1.32 bits per heavy atom. The van der Waals surface area contributed by atoms with Crippen molar-refractivity contribution in [2.75, 3.05) is 12.3 Å². The molecule has 5 N–H and O–H groups in total. The highest BCUT2D eigenvalue weighted by molar-refractivity contribution is 5.85. The minimum Gasteiger partial charge on any atom is -0.461 e. The van der Waals surface area contributed by atoms with Crippen LogP contribution in [0.4, 0.5) is 10.6 Å². The van der Waals surface area contributed by atoms with E-state index in [4.69, 9.17) is 19.9 Å². The molecular formula is C21H28N6O7. The Kier molecular flexibility index (Phi) is 6.45. The second kappa shape index (κ2) is 8.71. The zero-order valence-electron chi connectivity index (χ0n) is 19.5. The first-order chi connectivity index (χ1) is 15.7. The molecule has 3 rings (SSSR count). The predicted octanol–water partition coefficient (Wildman–Crippen LogP) is -0.00252. The Labute approximate surface area is 195 Å². The van der Waals surface area contributed by atoms with Gasteiger partial charge in [-0.15, -0.1) is 0 Å². The van der Waals surface area contributed by atoms with Crippen molar-refractivity contribution in [3.63, 3.8) is 0 Å². The third kappa shape index (κ3) is 4.60. The fraction of sp³-hybridized carbons (Fsp3) is 0.571. The zero-order chi connectivity index (χ0) is 25.5. The summed E-state index contributed by atoms with van der Waals surface area (Å²) < 4.78 is 17.4. The SMILES string of the molecule is CC(C)(C)OC(=O)NC(C)(C)C(=O)OC[C@H]1OC(C#N)(c2ccc3c(N)ncnn23)[C@H](O)[C@@H]1O. The van der Waals surface area contributed by atoms with Gasteiger partial charge < -0.3 is 35.5 Å². The summed E-state index contributed by atoms with van der Waals surface area (Å²) in [7, 11) is 0. The van der Waals surface area contributed by atoms with Crippen molar-refractivity contribution in [2.24, 2.45) is 0 Å². The number of amides is 1. The van der Waals surface area contributed by atoms with E-state index in [1.54, 1.807) is 26.8 Å². The van der Waals surface area contributed by atoms with Crippen LogP contribution in [0.2, 0.25) is 0 Å². The lowest BCUT2D eigenvalue weighted by atomic mass is 9.92. The molecule has 184 valence electrons. The normalized spacial score (nSPS) is 25.1. The Balaban J connectivity index is 1.74. The molecular weight excluding hydrogens is 448 g/mol. The number of carbonyl (C=O) groups is 2. The van der Waals surface area contributed by atoms with Crippen LogP contribution in [0.15, 0.2) is 18.5 Å². The first-order valence-corrected chi connectivity index (χ1v) is 10.4. The molecule has 0 spiro atoms. The van der Waals surface area contributed by atoms with Crippen LogP contribution < -0.4 is 11.1 Å². The molecule has 0 aliphatic carbocycles. The van der Waals surface area contributed by atoms with Crippen molar-refractivity contribution in [3.05, 3.63) is 24.2 Å². The van der Waals surface area contributed by atoms with Gasteiger partial charge in [-0.2, -0.15) is 10.4 Å². The lowest BCUT2D eigenvalue weighted by Gasteiger charge is -2.27. The van der Waals surface area contributed by atoms with Crippen LogP contribution >= 0.6 is 0 Å². The number of anilines is 1. The number of nitriles is 1. The lowest BCUT2D eigenvalue weighted by Crippen LogP contribution is -2.52. The van der Waals surface area contributed by atoms with E-state index in [2.05, 4.69) is 15.4 Å². The maximum absolute atomic E-state index is 12.6. The van der Waals surface area contributed by atoms with E-state index in [1.165, 1.54) is 30.8 Å². The number of nitrogens with two attached hydrogens (primary N) is 1. The number of rotatable bonds is 5. The van der Waals surface area contributed by atoms with Crippen molar-refractivity contribution in [2.45, 2.75) is 69.7 Å². The van der Waals surface area contributed by atoms with Crippen molar-refractivity contribution in [3.8, 4) is 6.07 Å². The van der Waals surface area contributed by atoms with Gasteiger partial charge in [0.05, 0.1) is 5.69 Å². The maximum atomic E-state index is 12.6. The Bertz CT molecular complexity index is 1130. The zero-order valence-corrected chi connectivity index (χ0v) is 19.5. The summed E-state index contributed by atoms with van der Waals surface area (Å²) in [6.07, 6.45) is -4.15. The summed E-state index contributed by atoms with van der Waals surface area (Å²) in [6, 6.07) is 4.92. The highest BCUT2D eigenvalue weighted by Crippen LogP contribution is 2.40. The number of aliphatic hydroxyl groups excluding tert-OH is 2. The lowest BCUT2D eigenvalue weighted by molar-refractivity contribution is -0.157. The summed E-state index contributed by atoms with van der Waals surface area (Å²) in [5.41, 5.74) is 2.07. The number of ether oxygens (including phenoxy) is 3. The average molecular weight is 476 g/mol. The fourth-order valence-corrected chi connectivity index (χ4v) is 3.50. The summed E-state index contributed by atoms with van der Waals surface area (Å²) in [5.74, 6) is -0.695. The van der Waals surface area contributed by atoms with E-state index in [-0.39, 0.29) is 11.5 Å². The van der Waals surface area contributed by atoms with E-state index < -0.39 is 53.7 Å². The number of fused-ring (bicyclic) bond motifs is 1. The molecule has 0 aromatic carbocycles.